The van der Waals surface area contributed by atoms with Gasteiger partial charge in [0.05, 0.1) is 17.7 Å². The number of halogens is 2. The molecule has 0 saturated heterocycles. The molecule has 5 heteroatoms. The molecule has 2 rings (SSSR count). The van der Waals surface area contributed by atoms with Crippen LogP contribution in [0.5, 0.6) is 0 Å². The van der Waals surface area contributed by atoms with Gasteiger partial charge < -0.3 is 10.4 Å². The molecule has 102 valence electrons. The Labute approximate surface area is 127 Å². The Morgan fingerprint density at radius 2 is 1.70 bits per heavy atom. The average Bonchev–Trinajstić information content (AvgIpc) is 2.44. The number of hydrogen-bond acceptors (Lipinski definition) is 3. The van der Waals surface area contributed by atoms with Crippen molar-refractivity contribution < 1.29 is 5.11 Å². The smallest absolute Gasteiger partial charge is 0.0991 e. The third-order valence-corrected chi connectivity index (χ3v) is 3.22. The van der Waals surface area contributed by atoms with Crippen molar-refractivity contribution in [3.05, 3.63) is 63.6 Å². The summed E-state index contributed by atoms with van der Waals surface area (Å²) in [7, 11) is 0. The van der Waals surface area contributed by atoms with E-state index in [0.29, 0.717) is 22.2 Å². The molecule has 0 spiro atoms. The minimum Gasteiger partial charge on any atom is -0.387 e. The van der Waals surface area contributed by atoms with Crippen LogP contribution < -0.4 is 5.32 Å². The molecule has 0 fully saturated rings. The number of benzene rings is 2. The quantitative estimate of drug-likeness (QED) is 0.897. The Morgan fingerprint density at radius 1 is 1.10 bits per heavy atom. The Kier molecular flexibility index (Phi) is 4.86. The van der Waals surface area contributed by atoms with Crippen LogP contribution in [-0.4, -0.2) is 11.7 Å². The van der Waals surface area contributed by atoms with Crippen molar-refractivity contribution in [1.82, 2.24) is 0 Å². The predicted octanol–water partition coefficient (Wildman–Crippen LogP) is 4.01. The first-order valence-corrected chi connectivity index (χ1v) is 6.72. The average molecular weight is 307 g/mol. The SMILES string of the molecule is N#Cc1ccc(C(O)CNc2cc(Cl)cc(Cl)c2)cc1. The molecule has 2 N–H and O–H groups in total. The molecule has 0 radical (unpaired) electrons. The maximum Gasteiger partial charge on any atom is 0.0991 e. The van der Waals surface area contributed by atoms with Crippen LogP contribution in [0.3, 0.4) is 0 Å². The van der Waals surface area contributed by atoms with Gasteiger partial charge in [0, 0.05) is 22.3 Å². The molecular formula is C15H12Cl2N2O. The number of rotatable bonds is 4. The normalized spacial score (nSPS) is 11.7. The van der Waals surface area contributed by atoms with Crippen molar-refractivity contribution in [2.45, 2.75) is 6.10 Å². The fraction of sp³-hybridized carbons (Fsp3) is 0.133. The Balaban J connectivity index is 2.00. The van der Waals surface area contributed by atoms with Crippen LogP contribution in [0.15, 0.2) is 42.5 Å². The molecule has 0 aliphatic heterocycles. The second-order valence-corrected chi connectivity index (χ2v) is 5.16. The van der Waals surface area contributed by atoms with Gasteiger partial charge >= 0.3 is 0 Å². The van der Waals surface area contributed by atoms with E-state index in [2.05, 4.69) is 5.32 Å². The lowest BCUT2D eigenvalue weighted by molar-refractivity contribution is 0.191. The van der Waals surface area contributed by atoms with Crippen LogP contribution >= 0.6 is 23.2 Å². The molecule has 0 bridgehead atoms. The summed E-state index contributed by atoms with van der Waals surface area (Å²) in [6, 6.07) is 14.0. The van der Waals surface area contributed by atoms with Crippen molar-refractivity contribution >= 4 is 28.9 Å². The van der Waals surface area contributed by atoms with Crippen LogP contribution in [0.25, 0.3) is 0 Å². The Morgan fingerprint density at radius 3 is 2.25 bits per heavy atom. The summed E-state index contributed by atoms with van der Waals surface area (Å²) in [6.07, 6.45) is -0.680. The highest BCUT2D eigenvalue weighted by atomic mass is 35.5. The fourth-order valence-corrected chi connectivity index (χ4v) is 2.29. The highest BCUT2D eigenvalue weighted by molar-refractivity contribution is 6.35. The van der Waals surface area contributed by atoms with Crippen molar-refractivity contribution in [2.75, 3.05) is 11.9 Å². The summed E-state index contributed by atoms with van der Waals surface area (Å²) in [5.41, 5.74) is 2.05. The van der Waals surface area contributed by atoms with Gasteiger partial charge in [0.1, 0.15) is 0 Å². The number of nitrogens with zero attached hydrogens (tertiary/aromatic N) is 1. The molecular weight excluding hydrogens is 295 g/mol. The Bertz CT molecular complexity index is 615. The van der Waals surface area contributed by atoms with Crippen LogP contribution in [0, 0.1) is 11.3 Å². The standard InChI is InChI=1S/C15H12Cl2N2O/c16-12-5-13(17)7-14(6-12)19-9-15(20)11-3-1-10(8-18)2-4-11/h1-7,15,19-20H,9H2. The van der Waals surface area contributed by atoms with E-state index in [0.717, 1.165) is 11.3 Å². The van der Waals surface area contributed by atoms with E-state index in [4.69, 9.17) is 28.5 Å². The number of hydrogen-bond donors (Lipinski definition) is 2. The van der Waals surface area contributed by atoms with E-state index in [1.807, 2.05) is 6.07 Å². The maximum absolute atomic E-state index is 10.1. The summed E-state index contributed by atoms with van der Waals surface area (Å²) in [5, 5.41) is 22.9. The lowest BCUT2D eigenvalue weighted by Crippen LogP contribution is -2.12. The molecule has 0 heterocycles. The highest BCUT2D eigenvalue weighted by Crippen LogP contribution is 2.23. The minimum absolute atomic E-state index is 0.322. The zero-order chi connectivity index (χ0) is 14.5. The lowest BCUT2D eigenvalue weighted by atomic mass is 10.1. The zero-order valence-corrected chi connectivity index (χ0v) is 12.0. The van der Waals surface area contributed by atoms with Gasteiger partial charge in [-0.15, -0.1) is 0 Å². The van der Waals surface area contributed by atoms with Crippen molar-refractivity contribution in [3.8, 4) is 6.07 Å². The molecule has 20 heavy (non-hydrogen) atoms. The number of aliphatic hydroxyl groups is 1. The van der Waals surface area contributed by atoms with Crippen LogP contribution in [-0.2, 0) is 0 Å². The monoisotopic (exact) mass is 306 g/mol. The largest absolute Gasteiger partial charge is 0.387 e. The second kappa shape index (κ2) is 6.62. The van der Waals surface area contributed by atoms with E-state index in [-0.39, 0.29) is 0 Å². The molecule has 0 aromatic heterocycles. The third-order valence-electron chi connectivity index (χ3n) is 2.79. The molecule has 0 aliphatic rings. The summed E-state index contributed by atoms with van der Waals surface area (Å²) >= 11 is 11.8. The van der Waals surface area contributed by atoms with Crippen molar-refractivity contribution in [1.29, 1.82) is 5.26 Å². The van der Waals surface area contributed by atoms with E-state index in [1.165, 1.54) is 0 Å². The third kappa shape index (κ3) is 3.88. The van der Waals surface area contributed by atoms with Gasteiger partial charge in [0.15, 0.2) is 0 Å². The maximum atomic E-state index is 10.1. The highest BCUT2D eigenvalue weighted by Gasteiger charge is 2.07. The summed E-state index contributed by atoms with van der Waals surface area (Å²) in [5.74, 6) is 0. The van der Waals surface area contributed by atoms with Crippen LogP contribution in [0.2, 0.25) is 10.0 Å². The molecule has 0 saturated carbocycles. The van der Waals surface area contributed by atoms with Gasteiger partial charge in [-0.1, -0.05) is 35.3 Å². The van der Waals surface area contributed by atoms with Crippen LogP contribution in [0.1, 0.15) is 17.2 Å². The van der Waals surface area contributed by atoms with Gasteiger partial charge in [-0.25, -0.2) is 0 Å². The number of anilines is 1. The van der Waals surface area contributed by atoms with Crippen molar-refractivity contribution in [3.63, 3.8) is 0 Å². The predicted molar refractivity (Wildman–Crippen MR) is 81.1 cm³/mol. The molecule has 2 aromatic rings. The number of nitrogens with one attached hydrogen (secondary N) is 1. The van der Waals surface area contributed by atoms with Crippen LogP contribution in [0.4, 0.5) is 5.69 Å². The van der Waals surface area contributed by atoms with Gasteiger partial charge in [0.2, 0.25) is 0 Å². The second-order valence-electron chi connectivity index (χ2n) is 4.29. The molecule has 0 amide bonds. The first kappa shape index (κ1) is 14.7. The molecule has 3 nitrogen and oxygen atoms in total. The lowest BCUT2D eigenvalue weighted by Gasteiger charge is -2.13. The van der Waals surface area contributed by atoms with E-state index in [1.54, 1.807) is 42.5 Å². The van der Waals surface area contributed by atoms with Gasteiger partial charge in [-0.3, -0.25) is 0 Å². The summed E-state index contributed by atoms with van der Waals surface area (Å²) in [6.45, 7) is 0.322. The molecule has 1 unspecified atom stereocenters. The topological polar surface area (TPSA) is 56.0 Å². The molecule has 1 atom stereocenters. The summed E-state index contributed by atoms with van der Waals surface area (Å²) in [4.78, 5) is 0. The molecule has 2 aromatic carbocycles. The first-order valence-electron chi connectivity index (χ1n) is 5.96. The summed E-state index contributed by atoms with van der Waals surface area (Å²) < 4.78 is 0. The zero-order valence-electron chi connectivity index (χ0n) is 10.5. The van der Waals surface area contributed by atoms with Gasteiger partial charge in [0.25, 0.3) is 0 Å². The number of aliphatic hydroxyl groups excluding tert-OH is 1. The van der Waals surface area contributed by atoms with E-state index >= 15 is 0 Å². The fourth-order valence-electron chi connectivity index (χ4n) is 1.77. The first-order chi connectivity index (χ1) is 9.58. The van der Waals surface area contributed by atoms with E-state index < -0.39 is 6.10 Å². The van der Waals surface area contributed by atoms with E-state index in [9.17, 15) is 5.11 Å². The Hall–Kier alpha value is -1.73. The van der Waals surface area contributed by atoms with Gasteiger partial charge in [-0.05, 0) is 35.9 Å². The molecule has 0 aliphatic carbocycles. The van der Waals surface area contributed by atoms with Gasteiger partial charge in [-0.2, -0.15) is 5.26 Å². The number of nitriles is 1. The van der Waals surface area contributed by atoms with Crippen molar-refractivity contribution in [2.24, 2.45) is 0 Å². The minimum atomic E-state index is -0.680.